The van der Waals surface area contributed by atoms with Crippen LogP contribution in [0.5, 0.6) is 0 Å². The molecule has 0 N–H and O–H groups in total. The number of pyridine rings is 1. The molecule has 3 aromatic heterocycles. The Kier molecular flexibility index (Phi) is 2.53. The minimum absolute atomic E-state index is 0.486. The molecule has 3 heterocycles. The lowest BCUT2D eigenvalue weighted by atomic mass is 10.3. The third kappa shape index (κ3) is 1.90. The number of aryl methyl sites for hydroxylation is 1. The van der Waals surface area contributed by atoms with Crippen molar-refractivity contribution in [2.45, 2.75) is 6.92 Å². The highest BCUT2D eigenvalue weighted by Gasteiger charge is 2.10. The van der Waals surface area contributed by atoms with Crippen molar-refractivity contribution in [2.75, 3.05) is 0 Å². The van der Waals surface area contributed by atoms with E-state index in [1.165, 1.54) is 4.88 Å². The normalized spacial score (nSPS) is 10.9. The second-order valence-electron chi connectivity index (χ2n) is 3.63. The SMILES string of the molecule is Cc1cc2c(Cl)nc(-c3ccccn3)nc2s1. The highest BCUT2D eigenvalue weighted by Crippen LogP contribution is 2.29. The van der Waals surface area contributed by atoms with Crippen LogP contribution in [0.1, 0.15) is 4.88 Å². The molecule has 84 valence electrons. The van der Waals surface area contributed by atoms with Gasteiger partial charge in [0, 0.05) is 16.5 Å². The van der Waals surface area contributed by atoms with Crippen LogP contribution in [0.15, 0.2) is 30.5 Å². The summed E-state index contributed by atoms with van der Waals surface area (Å²) in [7, 11) is 0. The molecule has 0 spiro atoms. The molecule has 0 saturated heterocycles. The van der Waals surface area contributed by atoms with Crippen LogP contribution in [-0.2, 0) is 0 Å². The van der Waals surface area contributed by atoms with Crippen LogP contribution < -0.4 is 0 Å². The van der Waals surface area contributed by atoms with Gasteiger partial charge in [0.15, 0.2) is 5.82 Å². The molecule has 17 heavy (non-hydrogen) atoms. The van der Waals surface area contributed by atoms with E-state index in [-0.39, 0.29) is 0 Å². The van der Waals surface area contributed by atoms with Crippen molar-refractivity contribution in [2.24, 2.45) is 0 Å². The van der Waals surface area contributed by atoms with Crippen LogP contribution in [0.3, 0.4) is 0 Å². The second kappa shape index (κ2) is 4.05. The molecule has 0 atom stereocenters. The zero-order valence-corrected chi connectivity index (χ0v) is 10.6. The first-order chi connectivity index (χ1) is 8.24. The number of hydrogen-bond donors (Lipinski definition) is 0. The summed E-state index contributed by atoms with van der Waals surface area (Å²) in [5, 5.41) is 1.40. The molecule has 0 bridgehead atoms. The Labute approximate surface area is 107 Å². The van der Waals surface area contributed by atoms with Crippen molar-refractivity contribution in [1.29, 1.82) is 0 Å². The first-order valence-electron chi connectivity index (χ1n) is 5.09. The zero-order chi connectivity index (χ0) is 11.8. The average Bonchev–Trinajstić information content (AvgIpc) is 2.71. The summed E-state index contributed by atoms with van der Waals surface area (Å²) in [5.74, 6) is 0.574. The Morgan fingerprint density at radius 3 is 2.88 bits per heavy atom. The lowest BCUT2D eigenvalue weighted by Crippen LogP contribution is -1.91. The van der Waals surface area contributed by atoms with E-state index < -0.39 is 0 Å². The molecule has 3 aromatic rings. The number of hydrogen-bond acceptors (Lipinski definition) is 4. The van der Waals surface area contributed by atoms with E-state index in [1.807, 2.05) is 31.2 Å². The first-order valence-corrected chi connectivity index (χ1v) is 6.28. The van der Waals surface area contributed by atoms with Gasteiger partial charge in [-0.05, 0) is 25.1 Å². The quantitative estimate of drug-likeness (QED) is 0.627. The molecule has 0 saturated carbocycles. The van der Waals surface area contributed by atoms with Gasteiger partial charge in [0.05, 0.1) is 0 Å². The summed E-state index contributed by atoms with van der Waals surface area (Å²) >= 11 is 7.76. The van der Waals surface area contributed by atoms with Crippen molar-refractivity contribution < 1.29 is 0 Å². The molecule has 0 aliphatic rings. The number of aromatic nitrogens is 3. The average molecular weight is 262 g/mol. The van der Waals surface area contributed by atoms with Crippen molar-refractivity contribution in [1.82, 2.24) is 15.0 Å². The van der Waals surface area contributed by atoms with Crippen LogP contribution in [0, 0.1) is 6.92 Å². The van der Waals surface area contributed by atoms with Gasteiger partial charge >= 0.3 is 0 Å². The van der Waals surface area contributed by atoms with Gasteiger partial charge in [0.1, 0.15) is 15.7 Å². The van der Waals surface area contributed by atoms with Gasteiger partial charge < -0.3 is 0 Å². The minimum Gasteiger partial charge on any atom is -0.253 e. The van der Waals surface area contributed by atoms with E-state index in [0.29, 0.717) is 11.0 Å². The Morgan fingerprint density at radius 2 is 2.12 bits per heavy atom. The predicted molar refractivity (Wildman–Crippen MR) is 70.4 cm³/mol. The van der Waals surface area contributed by atoms with Gasteiger partial charge in [-0.1, -0.05) is 17.7 Å². The molecule has 3 nitrogen and oxygen atoms in total. The van der Waals surface area contributed by atoms with Crippen molar-refractivity contribution in [3.05, 3.63) is 40.5 Å². The van der Waals surface area contributed by atoms with Gasteiger partial charge in [0.2, 0.25) is 0 Å². The summed E-state index contributed by atoms with van der Waals surface area (Å²) < 4.78 is 0. The van der Waals surface area contributed by atoms with E-state index >= 15 is 0 Å². The third-order valence-electron chi connectivity index (χ3n) is 2.36. The number of halogens is 1. The van der Waals surface area contributed by atoms with Crippen molar-refractivity contribution >= 4 is 33.2 Å². The molecule has 0 aliphatic carbocycles. The van der Waals surface area contributed by atoms with Crippen LogP contribution in [0.4, 0.5) is 0 Å². The topological polar surface area (TPSA) is 38.7 Å². The summed E-state index contributed by atoms with van der Waals surface area (Å²) in [5.41, 5.74) is 0.738. The van der Waals surface area contributed by atoms with E-state index in [2.05, 4.69) is 15.0 Å². The first kappa shape index (κ1) is 10.6. The van der Waals surface area contributed by atoms with Crippen LogP contribution in [0.2, 0.25) is 5.15 Å². The molecule has 0 fully saturated rings. The molecule has 0 radical (unpaired) electrons. The van der Waals surface area contributed by atoms with E-state index in [1.54, 1.807) is 17.5 Å². The van der Waals surface area contributed by atoms with Crippen LogP contribution in [-0.4, -0.2) is 15.0 Å². The van der Waals surface area contributed by atoms with Crippen molar-refractivity contribution in [3.8, 4) is 11.5 Å². The fraction of sp³-hybridized carbons (Fsp3) is 0.0833. The molecule has 3 rings (SSSR count). The van der Waals surface area contributed by atoms with E-state index in [9.17, 15) is 0 Å². The maximum atomic E-state index is 6.15. The van der Waals surface area contributed by atoms with Crippen molar-refractivity contribution in [3.63, 3.8) is 0 Å². The molecule has 0 unspecified atom stereocenters. The Hall–Kier alpha value is -1.52. The number of thiophene rings is 1. The lowest BCUT2D eigenvalue weighted by Gasteiger charge is -2.00. The highest BCUT2D eigenvalue weighted by atomic mass is 35.5. The van der Waals surface area contributed by atoms with E-state index in [0.717, 1.165) is 15.9 Å². The lowest BCUT2D eigenvalue weighted by molar-refractivity contribution is 1.18. The van der Waals surface area contributed by atoms with Gasteiger partial charge in [-0.3, -0.25) is 4.98 Å². The highest BCUT2D eigenvalue weighted by molar-refractivity contribution is 7.18. The van der Waals surface area contributed by atoms with E-state index in [4.69, 9.17) is 11.6 Å². The number of rotatable bonds is 1. The summed E-state index contributed by atoms with van der Waals surface area (Å²) in [6, 6.07) is 7.64. The fourth-order valence-electron chi connectivity index (χ4n) is 1.62. The van der Waals surface area contributed by atoms with Gasteiger partial charge in [-0.2, -0.15) is 0 Å². The smallest absolute Gasteiger partial charge is 0.180 e. The zero-order valence-electron chi connectivity index (χ0n) is 9.01. The molecular weight excluding hydrogens is 254 g/mol. The monoisotopic (exact) mass is 261 g/mol. The van der Waals surface area contributed by atoms with Gasteiger partial charge in [-0.25, -0.2) is 9.97 Å². The largest absolute Gasteiger partial charge is 0.253 e. The van der Waals surface area contributed by atoms with Gasteiger partial charge in [0.25, 0.3) is 0 Å². The summed E-state index contributed by atoms with van der Waals surface area (Å²) in [6.07, 6.45) is 1.72. The minimum atomic E-state index is 0.486. The number of nitrogens with zero attached hydrogens (tertiary/aromatic N) is 3. The standard InChI is InChI=1S/C12H8ClN3S/c1-7-6-8-10(13)15-11(16-12(8)17-7)9-4-2-3-5-14-9/h2-6H,1H3. The molecule has 0 aliphatic heterocycles. The third-order valence-corrected chi connectivity index (χ3v) is 3.60. The molecule has 0 amide bonds. The van der Waals surface area contributed by atoms with Crippen LogP contribution in [0.25, 0.3) is 21.7 Å². The Bertz CT molecular complexity index is 679. The summed E-state index contributed by atoms with van der Waals surface area (Å²) in [6.45, 7) is 2.03. The number of fused-ring (bicyclic) bond motifs is 1. The molecular formula is C12H8ClN3S. The maximum Gasteiger partial charge on any atom is 0.180 e. The fourth-order valence-corrected chi connectivity index (χ4v) is 2.78. The Balaban J connectivity index is 2.25. The van der Waals surface area contributed by atoms with Gasteiger partial charge in [-0.15, -0.1) is 11.3 Å². The molecule has 5 heteroatoms. The maximum absolute atomic E-state index is 6.15. The summed E-state index contributed by atoms with van der Waals surface area (Å²) in [4.78, 5) is 15.1. The molecule has 0 aromatic carbocycles. The Morgan fingerprint density at radius 1 is 1.24 bits per heavy atom. The predicted octanol–water partition coefficient (Wildman–Crippen LogP) is 3.72. The van der Waals surface area contributed by atoms with Crippen LogP contribution >= 0.6 is 22.9 Å². The second-order valence-corrected chi connectivity index (χ2v) is 5.22.